The topological polar surface area (TPSA) is 23.8 Å². The summed E-state index contributed by atoms with van der Waals surface area (Å²) < 4.78 is 13.5. The summed E-state index contributed by atoms with van der Waals surface area (Å²) in [6.07, 6.45) is 2.22. The van der Waals surface area contributed by atoms with Crippen molar-refractivity contribution in [2.24, 2.45) is 5.41 Å². The lowest BCUT2D eigenvalue weighted by Gasteiger charge is -2.07. The normalized spacial score (nSPS) is 17.5. The second-order valence-corrected chi connectivity index (χ2v) is 4.19. The molecule has 3 heteroatoms. The minimum absolute atomic E-state index is 0.135. The van der Waals surface area contributed by atoms with Gasteiger partial charge in [0.15, 0.2) is 0 Å². The quantitative estimate of drug-likeness (QED) is 0.733. The van der Waals surface area contributed by atoms with E-state index in [4.69, 9.17) is 16.9 Å². The van der Waals surface area contributed by atoms with Crippen LogP contribution in [0.1, 0.15) is 18.4 Å². The molecular weight excluding hydrogens is 201 g/mol. The Kier molecular flexibility index (Phi) is 2.20. The highest BCUT2D eigenvalue weighted by Gasteiger charge is 2.43. The van der Waals surface area contributed by atoms with Crippen LogP contribution < -0.4 is 0 Å². The van der Waals surface area contributed by atoms with Crippen LogP contribution in [0.4, 0.5) is 4.39 Å². The monoisotopic (exact) mass is 209 g/mol. The average molecular weight is 210 g/mol. The summed E-state index contributed by atoms with van der Waals surface area (Å²) in [6.45, 7) is 0. The van der Waals surface area contributed by atoms with Gasteiger partial charge >= 0.3 is 0 Å². The maximum Gasteiger partial charge on any atom is 0.145 e. The molecule has 0 heterocycles. The molecule has 0 bridgehead atoms. The van der Waals surface area contributed by atoms with Gasteiger partial charge in [-0.2, -0.15) is 5.26 Å². The minimum Gasteiger partial charge on any atom is -0.205 e. The van der Waals surface area contributed by atoms with Crippen molar-refractivity contribution in [1.82, 2.24) is 0 Å². The Morgan fingerprint density at radius 2 is 2.21 bits per heavy atom. The van der Waals surface area contributed by atoms with E-state index in [1.165, 1.54) is 6.07 Å². The zero-order valence-corrected chi connectivity index (χ0v) is 8.31. The van der Waals surface area contributed by atoms with Crippen LogP contribution in [0.5, 0.6) is 0 Å². The maximum absolute atomic E-state index is 13.5. The highest BCUT2D eigenvalue weighted by molar-refractivity contribution is 6.30. The first-order valence-electron chi connectivity index (χ1n) is 4.51. The van der Waals surface area contributed by atoms with Gasteiger partial charge in [-0.05, 0) is 30.9 Å². The van der Waals surface area contributed by atoms with Gasteiger partial charge < -0.3 is 0 Å². The molecular formula is C11H9ClFN. The number of rotatable bonds is 2. The molecule has 0 unspecified atom stereocenters. The van der Waals surface area contributed by atoms with Gasteiger partial charge in [0.05, 0.1) is 16.5 Å². The van der Waals surface area contributed by atoms with Crippen LogP contribution in [0.25, 0.3) is 0 Å². The molecule has 1 fully saturated rings. The lowest BCUT2D eigenvalue weighted by molar-refractivity contribution is 0.578. The van der Waals surface area contributed by atoms with Crippen molar-refractivity contribution in [3.05, 3.63) is 34.6 Å². The number of hydrogen-bond acceptors (Lipinski definition) is 1. The van der Waals surface area contributed by atoms with Crippen LogP contribution in [0.3, 0.4) is 0 Å². The first-order valence-corrected chi connectivity index (χ1v) is 4.89. The third-order valence-corrected chi connectivity index (χ3v) is 2.94. The molecule has 1 saturated carbocycles. The van der Waals surface area contributed by atoms with E-state index in [0.717, 1.165) is 12.8 Å². The number of nitrogens with zero attached hydrogens (tertiary/aromatic N) is 1. The van der Waals surface area contributed by atoms with E-state index in [1.807, 2.05) is 0 Å². The summed E-state index contributed by atoms with van der Waals surface area (Å²) in [7, 11) is 0. The van der Waals surface area contributed by atoms with Crippen molar-refractivity contribution in [2.75, 3.05) is 0 Å². The molecule has 1 nitrogen and oxygen atoms in total. The predicted molar refractivity (Wildman–Crippen MR) is 52.4 cm³/mol. The molecule has 1 aliphatic carbocycles. The van der Waals surface area contributed by atoms with Crippen LogP contribution in [-0.2, 0) is 6.42 Å². The third-order valence-electron chi connectivity index (χ3n) is 2.65. The SMILES string of the molecule is N#CC1(Cc2cccc(Cl)c2F)CC1. The van der Waals surface area contributed by atoms with Gasteiger partial charge in [-0.15, -0.1) is 0 Å². The molecule has 1 aliphatic rings. The molecule has 0 spiro atoms. The zero-order valence-electron chi connectivity index (χ0n) is 7.56. The zero-order chi connectivity index (χ0) is 10.2. The molecule has 0 radical (unpaired) electrons. The fraction of sp³-hybridized carbons (Fsp3) is 0.364. The summed E-state index contributed by atoms with van der Waals surface area (Å²) in [4.78, 5) is 0. The van der Waals surface area contributed by atoms with Crippen molar-refractivity contribution in [1.29, 1.82) is 5.26 Å². The van der Waals surface area contributed by atoms with Gasteiger partial charge in [-0.3, -0.25) is 0 Å². The number of nitriles is 1. The largest absolute Gasteiger partial charge is 0.205 e. The molecule has 0 N–H and O–H groups in total. The van der Waals surface area contributed by atoms with Crippen LogP contribution in [0.2, 0.25) is 5.02 Å². The Balaban J connectivity index is 2.26. The third kappa shape index (κ3) is 1.60. The molecule has 0 aromatic heterocycles. The molecule has 14 heavy (non-hydrogen) atoms. The van der Waals surface area contributed by atoms with Crippen LogP contribution in [0.15, 0.2) is 18.2 Å². The molecule has 1 aromatic rings. The van der Waals surface area contributed by atoms with Gasteiger partial charge in [-0.25, -0.2) is 4.39 Å². The fourth-order valence-electron chi connectivity index (χ4n) is 1.53. The van der Waals surface area contributed by atoms with Gasteiger partial charge in [0.1, 0.15) is 5.82 Å². The van der Waals surface area contributed by atoms with E-state index >= 15 is 0 Å². The van der Waals surface area contributed by atoms with Gasteiger partial charge in [0.2, 0.25) is 0 Å². The van der Waals surface area contributed by atoms with E-state index in [9.17, 15) is 4.39 Å². The Morgan fingerprint density at radius 1 is 1.50 bits per heavy atom. The summed E-state index contributed by atoms with van der Waals surface area (Å²) >= 11 is 5.65. The molecule has 0 aliphatic heterocycles. The van der Waals surface area contributed by atoms with Crippen LogP contribution in [0, 0.1) is 22.6 Å². The standard InChI is InChI=1S/C11H9ClFN/c12-9-3-1-2-8(10(9)13)6-11(7-14)4-5-11/h1-3H,4-6H2. The molecule has 72 valence electrons. The number of benzene rings is 1. The molecule has 2 rings (SSSR count). The highest BCUT2D eigenvalue weighted by atomic mass is 35.5. The summed E-state index contributed by atoms with van der Waals surface area (Å²) in [5.41, 5.74) is 0.238. The van der Waals surface area contributed by atoms with Crippen LogP contribution >= 0.6 is 11.6 Å². The summed E-state index contributed by atoms with van der Waals surface area (Å²) in [5, 5.41) is 9.01. The Hall–Kier alpha value is -1.07. The van der Waals surface area contributed by atoms with E-state index in [-0.39, 0.29) is 16.3 Å². The van der Waals surface area contributed by atoms with E-state index in [0.29, 0.717) is 12.0 Å². The van der Waals surface area contributed by atoms with Crippen LogP contribution in [-0.4, -0.2) is 0 Å². The molecule has 1 aromatic carbocycles. The van der Waals surface area contributed by atoms with Crippen molar-refractivity contribution < 1.29 is 4.39 Å². The fourth-order valence-corrected chi connectivity index (χ4v) is 1.72. The Morgan fingerprint density at radius 3 is 2.79 bits per heavy atom. The van der Waals surface area contributed by atoms with E-state index < -0.39 is 0 Å². The van der Waals surface area contributed by atoms with E-state index in [2.05, 4.69) is 6.07 Å². The number of halogens is 2. The van der Waals surface area contributed by atoms with Crippen molar-refractivity contribution >= 4 is 11.6 Å². The maximum atomic E-state index is 13.5. The molecule has 0 amide bonds. The predicted octanol–water partition coefficient (Wildman–Crippen LogP) is 3.33. The highest BCUT2D eigenvalue weighted by Crippen LogP contribution is 2.48. The smallest absolute Gasteiger partial charge is 0.145 e. The van der Waals surface area contributed by atoms with Gasteiger partial charge in [0, 0.05) is 0 Å². The minimum atomic E-state index is -0.379. The van der Waals surface area contributed by atoms with Crippen molar-refractivity contribution in [3.8, 4) is 6.07 Å². The Bertz CT molecular complexity index is 404. The second kappa shape index (κ2) is 3.25. The summed E-state index contributed by atoms with van der Waals surface area (Å²) in [6, 6.07) is 7.17. The summed E-state index contributed by atoms with van der Waals surface area (Å²) in [5.74, 6) is -0.379. The lowest BCUT2D eigenvalue weighted by atomic mass is 9.98. The Labute approximate surface area is 87.1 Å². The van der Waals surface area contributed by atoms with E-state index in [1.54, 1.807) is 12.1 Å². The molecule has 0 atom stereocenters. The van der Waals surface area contributed by atoms with Gasteiger partial charge in [-0.1, -0.05) is 23.7 Å². The molecule has 0 saturated heterocycles. The van der Waals surface area contributed by atoms with Crippen molar-refractivity contribution in [3.63, 3.8) is 0 Å². The van der Waals surface area contributed by atoms with Crippen molar-refractivity contribution in [2.45, 2.75) is 19.3 Å². The lowest BCUT2D eigenvalue weighted by Crippen LogP contribution is -2.03. The second-order valence-electron chi connectivity index (χ2n) is 3.78. The first-order chi connectivity index (χ1) is 6.67. The first kappa shape index (κ1) is 9.48. The van der Waals surface area contributed by atoms with Gasteiger partial charge in [0.25, 0.3) is 0 Å². The number of hydrogen-bond donors (Lipinski definition) is 0. The average Bonchev–Trinajstić information content (AvgIpc) is 2.94.